The maximum absolute atomic E-state index is 12.2. The van der Waals surface area contributed by atoms with Crippen molar-refractivity contribution in [3.05, 3.63) is 109 Å². The van der Waals surface area contributed by atoms with Crippen molar-refractivity contribution in [1.29, 1.82) is 0 Å². The molecule has 1 N–H and O–H groups in total. The third-order valence-electron chi connectivity index (χ3n) is 9.06. The van der Waals surface area contributed by atoms with Crippen LogP contribution in [0.15, 0.2) is 109 Å². The van der Waals surface area contributed by atoms with Crippen LogP contribution < -0.4 is 0 Å². The van der Waals surface area contributed by atoms with Gasteiger partial charge >= 0.3 is 11.9 Å². The first-order chi connectivity index (χ1) is 27.6. The molecule has 5 heteroatoms. The molecule has 0 rings (SSSR count). The molecule has 0 aliphatic carbocycles. The van der Waals surface area contributed by atoms with Crippen molar-refractivity contribution in [3.8, 4) is 0 Å². The maximum Gasteiger partial charge on any atom is 0.306 e. The average Bonchev–Trinajstić information content (AvgIpc) is 3.20. The molecule has 0 radical (unpaired) electrons. The summed E-state index contributed by atoms with van der Waals surface area (Å²) in [6.45, 7) is 3.87. The van der Waals surface area contributed by atoms with Crippen LogP contribution in [0.25, 0.3) is 0 Å². The Morgan fingerprint density at radius 1 is 0.411 bits per heavy atom. The fourth-order valence-electron chi connectivity index (χ4n) is 5.75. The molecule has 5 nitrogen and oxygen atoms in total. The molecular formula is C51H82O5. The van der Waals surface area contributed by atoms with E-state index in [1.807, 2.05) is 0 Å². The molecule has 0 aliphatic rings. The molecule has 0 aromatic heterocycles. The Morgan fingerprint density at radius 2 is 0.714 bits per heavy atom. The standard InChI is InChI=1S/C51H82O5/c1-3-5-7-9-11-13-15-17-19-21-22-23-24-25-26-27-28-30-32-34-36-38-40-42-44-46-51(54)56-49(47-52)48-55-50(53)45-43-41-39-37-35-33-31-29-20-18-16-14-12-10-8-6-4-2/h5-8,11-14,17-20,22-23,25-26,31,33,49,52H,3-4,9-10,15-16,21,24,27-30,32,34-48H2,1-2H3/b7-5-,8-6-,13-11-,14-12-,19-17-,20-18-,23-22-,26-25-,33-31-. The Kier molecular flexibility index (Phi) is 43.1. The molecule has 1 unspecified atom stereocenters. The lowest BCUT2D eigenvalue weighted by Gasteiger charge is -2.15. The number of allylic oxidation sites excluding steroid dienone is 18. The van der Waals surface area contributed by atoms with Crippen molar-refractivity contribution >= 4 is 11.9 Å². The fourth-order valence-corrected chi connectivity index (χ4v) is 5.75. The van der Waals surface area contributed by atoms with Gasteiger partial charge in [0.2, 0.25) is 0 Å². The van der Waals surface area contributed by atoms with Crippen LogP contribution in [0.5, 0.6) is 0 Å². The first-order valence-corrected chi connectivity index (χ1v) is 22.4. The molecule has 0 aromatic carbocycles. The molecule has 0 fully saturated rings. The van der Waals surface area contributed by atoms with E-state index in [0.717, 1.165) is 116 Å². The Morgan fingerprint density at radius 3 is 1.07 bits per heavy atom. The van der Waals surface area contributed by atoms with Crippen LogP contribution >= 0.6 is 0 Å². The predicted octanol–water partition coefficient (Wildman–Crippen LogP) is 14.6. The second-order valence-electron chi connectivity index (χ2n) is 14.4. The van der Waals surface area contributed by atoms with E-state index < -0.39 is 6.10 Å². The number of aliphatic hydroxyl groups is 1. The highest BCUT2D eigenvalue weighted by atomic mass is 16.6. The lowest BCUT2D eigenvalue weighted by atomic mass is 10.1. The number of esters is 2. The van der Waals surface area contributed by atoms with Gasteiger partial charge in [0.15, 0.2) is 6.10 Å². The number of aliphatic hydroxyl groups excluding tert-OH is 1. The van der Waals surface area contributed by atoms with Gasteiger partial charge in [0, 0.05) is 12.8 Å². The van der Waals surface area contributed by atoms with Crippen LogP contribution in [0.1, 0.15) is 181 Å². The molecule has 1 atom stereocenters. The van der Waals surface area contributed by atoms with Crippen molar-refractivity contribution in [2.24, 2.45) is 0 Å². The van der Waals surface area contributed by atoms with E-state index in [1.165, 1.54) is 38.5 Å². The topological polar surface area (TPSA) is 72.8 Å². The first kappa shape index (κ1) is 52.6. The van der Waals surface area contributed by atoms with Crippen molar-refractivity contribution in [2.45, 2.75) is 187 Å². The van der Waals surface area contributed by atoms with E-state index in [0.29, 0.717) is 12.8 Å². The van der Waals surface area contributed by atoms with Gasteiger partial charge in [-0.1, -0.05) is 181 Å². The molecule has 0 bridgehead atoms. The number of unbranched alkanes of at least 4 members (excludes halogenated alkanes) is 13. The summed E-state index contributed by atoms with van der Waals surface area (Å²) in [5.74, 6) is -0.635. The number of carbonyl (C=O) groups is 2. The highest BCUT2D eigenvalue weighted by Gasteiger charge is 2.16. The van der Waals surface area contributed by atoms with E-state index in [4.69, 9.17) is 9.47 Å². The van der Waals surface area contributed by atoms with E-state index in [9.17, 15) is 14.7 Å². The third kappa shape index (κ3) is 43.3. The van der Waals surface area contributed by atoms with Gasteiger partial charge in [-0.15, -0.1) is 0 Å². The van der Waals surface area contributed by atoms with Crippen LogP contribution in [-0.2, 0) is 19.1 Å². The lowest BCUT2D eigenvalue weighted by molar-refractivity contribution is -0.161. The summed E-state index contributed by atoms with van der Waals surface area (Å²) < 4.78 is 10.6. The van der Waals surface area contributed by atoms with E-state index in [1.54, 1.807) is 0 Å². The zero-order valence-corrected chi connectivity index (χ0v) is 35.8. The van der Waals surface area contributed by atoms with Gasteiger partial charge in [-0.25, -0.2) is 0 Å². The monoisotopic (exact) mass is 775 g/mol. The van der Waals surface area contributed by atoms with Gasteiger partial charge in [0.25, 0.3) is 0 Å². The quantitative estimate of drug-likeness (QED) is 0.0382. The SMILES string of the molecule is CC/C=C\C/C=C\C/C=C\C/C=C\C/C=C\CCCCCCCCCCCC(=O)OC(CO)COC(=O)CCCCCC/C=C\C/C=C\C/C=C\C/C=C\CC. The van der Waals surface area contributed by atoms with E-state index in [2.05, 4.69) is 123 Å². The van der Waals surface area contributed by atoms with Crippen molar-refractivity contribution in [3.63, 3.8) is 0 Å². The fraction of sp³-hybridized carbons (Fsp3) is 0.608. The molecule has 0 spiro atoms. The smallest absolute Gasteiger partial charge is 0.306 e. The van der Waals surface area contributed by atoms with Crippen molar-refractivity contribution in [2.75, 3.05) is 13.2 Å². The Balaban J connectivity index is 3.62. The van der Waals surface area contributed by atoms with Crippen LogP contribution in [0.4, 0.5) is 0 Å². The molecule has 0 heterocycles. The van der Waals surface area contributed by atoms with Crippen LogP contribution in [0, 0.1) is 0 Å². The summed E-state index contributed by atoms with van der Waals surface area (Å²) in [5.41, 5.74) is 0. The first-order valence-electron chi connectivity index (χ1n) is 22.4. The van der Waals surface area contributed by atoms with E-state index >= 15 is 0 Å². The normalized spacial score (nSPS) is 13.3. The molecule has 0 aliphatic heterocycles. The largest absolute Gasteiger partial charge is 0.462 e. The van der Waals surface area contributed by atoms with Crippen LogP contribution in [-0.4, -0.2) is 36.4 Å². The highest BCUT2D eigenvalue weighted by Crippen LogP contribution is 2.13. The summed E-state index contributed by atoms with van der Waals surface area (Å²) >= 11 is 0. The number of carbonyl (C=O) groups excluding carboxylic acids is 2. The molecular weight excluding hydrogens is 693 g/mol. The number of hydrogen-bond donors (Lipinski definition) is 1. The van der Waals surface area contributed by atoms with Crippen LogP contribution in [0.2, 0.25) is 0 Å². The number of ether oxygens (including phenoxy) is 2. The predicted molar refractivity (Wildman–Crippen MR) is 242 cm³/mol. The molecule has 0 amide bonds. The highest BCUT2D eigenvalue weighted by molar-refractivity contribution is 5.70. The van der Waals surface area contributed by atoms with Gasteiger partial charge < -0.3 is 14.6 Å². The summed E-state index contributed by atoms with van der Waals surface area (Å²) in [6.07, 6.45) is 65.9. The number of hydrogen-bond acceptors (Lipinski definition) is 5. The summed E-state index contributed by atoms with van der Waals surface area (Å²) in [5, 5.41) is 9.59. The summed E-state index contributed by atoms with van der Waals surface area (Å²) in [4.78, 5) is 24.4. The third-order valence-corrected chi connectivity index (χ3v) is 9.06. The summed E-state index contributed by atoms with van der Waals surface area (Å²) in [6, 6.07) is 0. The second kappa shape index (κ2) is 45.9. The minimum absolute atomic E-state index is 0.0881. The second-order valence-corrected chi connectivity index (χ2v) is 14.4. The minimum atomic E-state index is -0.793. The zero-order valence-electron chi connectivity index (χ0n) is 35.8. The minimum Gasteiger partial charge on any atom is -0.462 e. The number of rotatable bonds is 39. The Hall–Kier alpha value is -3.44. The molecule has 316 valence electrons. The van der Waals surface area contributed by atoms with Crippen molar-refractivity contribution in [1.82, 2.24) is 0 Å². The van der Waals surface area contributed by atoms with Crippen molar-refractivity contribution < 1.29 is 24.2 Å². The lowest BCUT2D eigenvalue weighted by Crippen LogP contribution is -2.28. The van der Waals surface area contributed by atoms with Gasteiger partial charge in [0.05, 0.1) is 6.61 Å². The summed E-state index contributed by atoms with van der Waals surface area (Å²) in [7, 11) is 0. The maximum atomic E-state index is 12.2. The van der Waals surface area contributed by atoms with Gasteiger partial charge in [-0.3, -0.25) is 9.59 Å². The molecule has 56 heavy (non-hydrogen) atoms. The molecule has 0 aromatic rings. The Bertz CT molecular complexity index is 1150. The Labute approximate surface area is 344 Å². The molecule has 0 saturated carbocycles. The average molecular weight is 775 g/mol. The molecule has 0 saturated heterocycles. The zero-order chi connectivity index (χ0) is 40.7. The van der Waals surface area contributed by atoms with Gasteiger partial charge in [-0.05, 0) is 96.3 Å². The van der Waals surface area contributed by atoms with Gasteiger partial charge in [0.1, 0.15) is 6.61 Å². The van der Waals surface area contributed by atoms with Gasteiger partial charge in [-0.2, -0.15) is 0 Å². The van der Waals surface area contributed by atoms with E-state index in [-0.39, 0.29) is 25.2 Å². The van der Waals surface area contributed by atoms with Crippen LogP contribution in [0.3, 0.4) is 0 Å².